The van der Waals surface area contributed by atoms with Gasteiger partial charge in [-0.1, -0.05) is 55.5 Å². The molecule has 0 amide bonds. The zero-order valence-corrected chi connectivity index (χ0v) is 10.4. The van der Waals surface area contributed by atoms with Crippen LogP contribution in [0.3, 0.4) is 0 Å². The van der Waals surface area contributed by atoms with E-state index in [2.05, 4.69) is 0 Å². The Balaban J connectivity index is 2.13. The molecule has 2 rings (SSSR count). The van der Waals surface area contributed by atoms with E-state index < -0.39 is 5.97 Å². The van der Waals surface area contributed by atoms with Crippen LogP contribution in [-0.2, 0) is 4.79 Å². The number of rotatable bonds is 4. The molecule has 1 unspecified atom stereocenters. The minimum Gasteiger partial charge on any atom is -0.481 e. The predicted octanol–water partition coefficient (Wildman–Crippen LogP) is 3.74. The molecule has 1 fully saturated rings. The van der Waals surface area contributed by atoms with Gasteiger partial charge in [0.05, 0.1) is 5.92 Å². The van der Waals surface area contributed by atoms with Gasteiger partial charge in [0.15, 0.2) is 0 Å². The van der Waals surface area contributed by atoms with Crippen LogP contribution in [0.25, 0.3) is 0 Å². The van der Waals surface area contributed by atoms with Crippen molar-refractivity contribution in [3.05, 3.63) is 35.4 Å². The van der Waals surface area contributed by atoms with Gasteiger partial charge in [-0.25, -0.2) is 0 Å². The molecule has 17 heavy (non-hydrogen) atoms. The zero-order chi connectivity index (χ0) is 12.3. The quantitative estimate of drug-likeness (QED) is 0.858. The minimum absolute atomic E-state index is 0.321. The van der Waals surface area contributed by atoms with Gasteiger partial charge >= 0.3 is 5.97 Å². The topological polar surface area (TPSA) is 37.3 Å². The maximum absolute atomic E-state index is 11.4. The summed E-state index contributed by atoms with van der Waals surface area (Å²) in [5.41, 5.74) is 2.10. The first-order chi connectivity index (χ1) is 8.16. The first kappa shape index (κ1) is 12.2. The van der Waals surface area contributed by atoms with Crippen LogP contribution in [-0.4, -0.2) is 11.1 Å². The molecular weight excluding hydrogens is 212 g/mol. The fraction of sp³-hybridized carbons (Fsp3) is 0.533. The summed E-state index contributed by atoms with van der Waals surface area (Å²) in [6.07, 6.45) is 5.75. The number of hydrogen-bond acceptors (Lipinski definition) is 1. The molecule has 1 aromatic carbocycles. The Morgan fingerprint density at radius 2 is 2.12 bits per heavy atom. The molecule has 0 aliphatic heterocycles. The van der Waals surface area contributed by atoms with Gasteiger partial charge in [0.25, 0.3) is 0 Å². The summed E-state index contributed by atoms with van der Waals surface area (Å²) in [6, 6.07) is 7.92. The molecule has 1 atom stereocenters. The molecule has 0 aromatic heterocycles. The fourth-order valence-corrected chi connectivity index (χ4v) is 2.85. The van der Waals surface area contributed by atoms with Gasteiger partial charge in [0.2, 0.25) is 0 Å². The van der Waals surface area contributed by atoms with Crippen LogP contribution < -0.4 is 0 Å². The number of aliphatic carboxylic acids is 1. The van der Waals surface area contributed by atoms with E-state index in [0.717, 1.165) is 17.5 Å². The van der Waals surface area contributed by atoms with E-state index >= 15 is 0 Å². The number of carbonyl (C=O) groups is 1. The van der Waals surface area contributed by atoms with Crippen LogP contribution in [0.15, 0.2) is 24.3 Å². The summed E-state index contributed by atoms with van der Waals surface area (Å²) < 4.78 is 0. The minimum atomic E-state index is -0.678. The van der Waals surface area contributed by atoms with Gasteiger partial charge in [-0.05, 0) is 24.8 Å². The first-order valence-corrected chi connectivity index (χ1v) is 6.46. The summed E-state index contributed by atoms with van der Waals surface area (Å²) in [5.74, 6) is -0.392. The summed E-state index contributed by atoms with van der Waals surface area (Å²) in [6.45, 7) is 2.01. The Hall–Kier alpha value is -1.31. The third-order valence-corrected chi connectivity index (χ3v) is 3.79. The average molecular weight is 232 g/mol. The lowest BCUT2D eigenvalue weighted by molar-refractivity contribution is -0.139. The van der Waals surface area contributed by atoms with Crippen molar-refractivity contribution in [2.75, 3.05) is 0 Å². The van der Waals surface area contributed by atoms with Gasteiger partial charge in [-0.15, -0.1) is 0 Å². The van der Waals surface area contributed by atoms with E-state index in [9.17, 15) is 9.90 Å². The highest BCUT2D eigenvalue weighted by atomic mass is 16.4. The van der Waals surface area contributed by atoms with Crippen LogP contribution in [0.1, 0.15) is 49.1 Å². The Bertz CT molecular complexity index is 392. The van der Waals surface area contributed by atoms with E-state index in [1.54, 1.807) is 0 Å². The van der Waals surface area contributed by atoms with Crippen molar-refractivity contribution in [2.24, 2.45) is 5.92 Å². The van der Waals surface area contributed by atoms with Crippen molar-refractivity contribution in [3.63, 3.8) is 0 Å². The summed E-state index contributed by atoms with van der Waals surface area (Å²) in [5, 5.41) is 9.38. The molecule has 1 aliphatic carbocycles. The van der Waals surface area contributed by atoms with Crippen LogP contribution in [0.4, 0.5) is 0 Å². The molecule has 2 heteroatoms. The molecule has 1 saturated carbocycles. The lowest BCUT2D eigenvalue weighted by atomic mass is 9.87. The van der Waals surface area contributed by atoms with Gasteiger partial charge in [-0.3, -0.25) is 4.79 Å². The number of benzene rings is 1. The van der Waals surface area contributed by atoms with Crippen LogP contribution in [0.5, 0.6) is 0 Å². The Morgan fingerprint density at radius 1 is 1.41 bits per heavy atom. The summed E-state index contributed by atoms with van der Waals surface area (Å²) in [4.78, 5) is 11.4. The predicted molar refractivity (Wildman–Crippen MR) is 68.1 cm³/mol. The van der Waals surface area contributed by atoms with Crippen molar-refractivity contribution in [2.45, 2.75) is 44.9 Å². The average Bonchev–Trinajstić information content (AvgIpc) is 2.78. The number of carboxylic acid groups (broad SMARTS) is 1. The van der Waals surface area contributed by atoms with Gasteiger partial charge in [0.1, 0.15) is 0 Å². The van der Waals surface area contributed by atoms with E-state index in [0.29, 0.717) is 5.92 Å². The van der Waals surface area contributed by atoms with Crippen LogP contribution in [0.2, 0.25) is 0 Å². The van der Waals surface area contributed by atoms with Crippen molar-refractivity contribution < 1.29 is 9.90 Å². The van der Waals surface area contributed by atoms with Crippen molar-refractivity contribution in [1.29, 1.82) is 0 Å². The summed E-state index contributed by atoms with van der Waals surface area (Å²) in [7, 11) is 0. The van der Waals surface area contributed by atoms with Crippen LogP contribution >= 0.6 is 0 Å². The standard InChI is InChI=1S/C15H20O2/c1-11-5-4-8-13(9-11)14(15(16)17)10-12-6-2-3-7-12/h4-5,8-9,12,14H,2-3,6-7,10H2,1H3,(H,16,17). The second-order valence-corrected chi connectivity index (χ2v) is 5.19. The van der Waals surface area contributed by atoms with Gasteiger partial charge in [0, 0.05) is 0 Å². The highest BCUT2D eigenvalue weighted by Crippen LogP contribution is 2.34. The molecule has 0 bridgehead atoms. The van der Waals surface area contributed by atoms with Crippen molar-refractivity contribution in [3.8, 4) is 0 Å². The third kappa shape index (κ3) is 3.09. The molecule has 1 aromatic rings. The molecule has 0 spiro atoms. The lowest BCUT2D eigenvalue weighted by Crippen LogP contribution is -2.15. The molecule has 1 aliphatic rings. The number of carboxylic acids is 1. The van der Waals surface area contributed by atoms with Crippen molar-refractivity contribution >= 4 is 5.97 Å². The van der Waals surface area contributed by atoms with Gasteiger partial charge < -0.3 is 5.11 Å². The summed E-state index contributed by atoms with van der Waals surface area (Å²) >= 11 is 0. The molecular formula is C15H20O2. The Labute approximate surface area is 103 Å². The Kier molecular flexibility index (Phi) is 3.82. The molecule has 2 nitrogen and oxygen atoms in total. The smallest absolute Gasteiger partial charge is 0.310 e. The van der Waals surface area contributed by atoms with E-state index in [1.807, 2.05) is 31.2 Å². The third-order valence-electron chi connectivity index (χ3n) is 3.79. The van der Waals surface area contributed by atoms with Crippen LogP contribution in [0, 0.1) is 12.8 Å². The number of aryl methyl sites for hydroxylation is 1. The van der Waals surface area contributed by atoms with E-state index in [-0.39, 0.29) is 5.92 Å². The highest BCUT2D eigenvalue weighted by molar-refractivity contribution is 5.76. The lowest BCUT2D eigenvalue weighted by Gasteiger charge is -2.17. The fourth-order valence-electron chi connectivity index (χ4n) is 2.85. The molecule has 1 N–H and O–H groups in total. The second kappa shape index (κ2) is 5.35. The highest BCUT2D eigenvalue weighted by Gasteiger charge is 2.26. The largest absolute Gasteiger partial charge is 0.481 e. The van der Waals surface area contributed by atoms with Gasteiger partial charge in [-0.2, -0.15) is 0 Å². The monoisotopic (exact) mass is 232 g/mol. The normalized spacial score (nSPS) is 18.2. The Morgan fingerprint density at radius 3 is 2.71 bits per heavy atom. The molecule has 92 valence electrons. The molecule has 0 radical (unpaired) electrons. The number of hydrogen-bond donors (Lipinski definition) is 1. The maximum Gasteiger partial charge on any atom is 0.310 e. The van der Waals surface area contributed by atoms with E-state index in [1.165, 1.54) is 25.7 Å². The van der Waals surface area contributed by atoms with Crippen molar-refractivity contribution in [1.82, 2.24) is 0 Å². The molecule has 0 saturated heterocycles. The SMILES string of the molecule is Cc1cccc(C(CC2CCCC2)C(=O)O)c1. The zero-order valence-electron chi connectivity index (χ0n) is 10.4. The van der Waals surface area contributed by atoms with E-state index in [4.69, 9.17) is 0 Å². The second-order valence-electron chi connectivity index (χ2n) is 5.19. The maximum atomic E-state index is 11.4. The molecule has 0 heterocycles. The first-order valence-electron chi connectivity index (χ1n) is 6.46.